The predicted molar refractivity (Wildman–Crippen MR) is 99.6 cm³/mol. The molecule has 0 saturated heterocycles. The maximum absolute atomic E-state index is 12.2. The van der Waals surface area contributed by atoms with Gasteiger partial charge in [-0.15, -0.1) is 12.4 Å². The molecule has 4 nitrogen and oxygen atoms in total. The average Bonchev–Trinajstić information content (AvgIpc) is 2.60. The van der Waals surface area contributed by atoms with E-state index in [1.54, 1.807) is 0 Å². The second-order valence-electron chi connectivity index (χ2n) is 6.22. The van der Waals surface area contributed by atoms with Crippen molar-refractivity contribution in [1.82, 2.24) is 5.32 Å². The second-order valence-corrected chi connectivity index (χ2v) is 6.22. The number of ether oxygens (including phenoxy) is 1. The van der Waals surface area contributed by atoms with Crippen LogP contribution in [0.25, 0.3) is 10.8 Å². The molecule has 24 heavy (non-hydrogen) atoms. The first kappa shape index (κ1) is 18.6. The van der Waals surface area contributed by atoms with Gasteiger partial charge in [0.2, 0.25) is 0 Å². The number of benzene rings is 2. The minimum absolute atomic E-state index is 0. The molecule has 0 heterocycles. The molecule has 3 N–H and O–H groups in total. The summed E-state index contributed by atoms with van der Waals surface area (Å²) in [7, 11) is 0. The van der Waals surface area contributed by atoms with Crippen LogP contribution in [0.15, 0.2) is 42.5 Å². The molecule has 1 saturated carbocycles. The predicted octanol–water partition coefficient (Wildman–Crippen LogP) is 3.27. The van der Waals surface area contributed by atoms with E-state index in [1.165, 1.54) is 6.42 Å². The van der Waals surface area contributed by atoms with Crippen molar-refractivity contribution in [2.45, 2.75) is 31.7 Å². The van der Waals surface area contributed by atoms with Gasteiger partial charge in [-0.2, -0.15) is 0 Å². The summed E-state index contributed by atoms with van der Waals surface area (Å²) in [5.41, 5.74) is 5.81. The van der Waals surface area contributed by atoms with E-state index < -0.39 is 0 Å². The molecule has 1 amide bonds. The fraction of sp³-hybridized carbons (Fsp3) is 0.421. The third-order valence-corrected chi connectivity index (χ3v) is 4.67. The fourth-order valence-electron chi connectivity index (χ4n) is 3.39. The quantitative estimate of drug-likeness (QED) is 0.871. The number of nitrogens with one attached hydrogen (secondary N) is 1. The molecule has 0 aliphatic heterocycles. The molecule has 2 aromatic carbocycles. The number of fused-ring (bicyclic) bond motifs is 1. The summed E-state index contributed by atoms with van der Waals surface area (Å²) in [4.78, 5) is 12.2. The van der Waals surface area contributed by atoms with Crippen LogP contribution in [0.2, 0.25) is 0 Å². The highest BCUT2D eigenvalue weighted by Gasteiger charge is 2.25. The van der Waals surface area contributed by atoms with Crippen molar-refractivity contribution in [1.29, 1.82) is 0 Å². The van der Waals surface area contributed by atoms with Gasteiger partial charge in [0.25, 0.3) is 5.91 Å². The summed E-state index contributed by atoms with van der Waals surface area (Å²) in [6.45, 7) is 0.678. The zero-order valence-electron chi connectivity index (χ0n) is 13.7. The summed E-state index contributed by atoms with van der Waals surface area (Å²) < 4.78 is 5.75. The number of hydrogen-bond donors (Lipinski definition) is 2. The standard InChI is InChI=1S/C19H24N2O2.ClH/c20-12-15-7-2-4-10-17(15)21-19(22)13-23-18-11-5-8-14-6-1-3-9-16(14)18;/h1,3,5-6,8-9,11,15,17H,2,4,7,10,12-13,20H2,(H,21,22);1H. The van der Waals surface area contributed by atoms with Crippen molar-refractivity contribution in [2.24, 2.45) is 11.7 Å². The first-order chi connectivity index (χ1) is 11.3. The van der Waals surface area contributed by atoms with Crippen LogP contribution in [0.1, 0.15) is 25.7 Å². The monoisotopic (exact) mass is 348 g/mol. The lowest BCUT2D eigenvalue weighted by molar-refractivity contribution is -0.124. The Morgan fingerprint density at radius 3 is 2.71 bits per heavy atom. The van der Waals surface area contributed by atoms with E-state index in [2.05, 4.69) is 5.32 Å². The highest BCUT2D eigenvalue weighted by Crippen LogP contribution is 2.25. The van der Waals surface area contributed by atoms with Gasteiger partial charge in [0.1, 0.15) is 5.75 Å². The molecule has 2 aromatic rings. The van der Waals surface area contributed by atoms with Gasteiger partial charge in [0.15, 0.2) is 6.61 Å². The Morgan fingerprint density at radius 1 is 1.12 bits per heavy atom. The summed E-state index contributed by atoms with van der Waals surface area (Å²) in [5, 5.41) is 5.23. The Hall–Kier alpha value is -1.78. The van der Waals surface area contributed by atoms with E-state index in [9.17, 15) is 4.79 Å². The van der Waals surface area contributed by atoms with Crippen LogP contribution in [0.3, 0.4) is 0 Å². The van der Waals surface area contributed by atoms with Crippen molar-refractivity contribution in [3.8, 4) is 5.75 Å². The van der Waals surface area contributed by atoms with Crippen molar-refractivity contribution in [3.05, 3.63) is 42.5 Å². The van der Waals surface area contributed by atoms with E-state index in [4.69, 9.17) is 10.5 Å². The number of rotatable bonds is 5. The molecule has 2 unspecified atom stereocenters. The Bertz CT molecular complexity index is 672. The summed E-state index contributed by atoms with van der Waals surface area (Å²) >= 11 is 0. The molecule has 1 fully saturated rings. The molecule has 0 aromatic heterocycles. The average molecular weight is 349 g/mol. The van der Waals surface area contributed by atoms with Gasteiger partial charge in [-0.05, 0) is 36.8 Å². The maximum Gasteiger partial charge on any atom is 0.258 e. The lowest BCUT2D eigenvalue weighted by Crippen LogP contribution is -2.46. The Kier molecular flexibility index (Phi) is 6.88. The fourth-order valence-corrected chi connectivity index (χ4v) is 3.39. The lowest BCUT2D eigenvalue weighted by atomic mass is 9.84. The van der Waals surface area contributed by atoms with Gasteiger partial charge in [0, 0.05) is 11.4 Å². The molecule has 130 valence electrons. The normalized spacial score (nSPS) is 20.2. The second kappa shape index (κ2) is 8.90. The Morgan fingerprint density at radius 2 is 1.88 bits per heavy atom. The third kappa shape index (κ3) is 4.40. The topological polar surface area (TPSA) is 64.3 Å². The lowest BCUT2D eigenvalue weighted by Gasteiger charge is -2.31. The molecule has 2 atom stereocenters. The van der Waals surface area contributed by atoms with Crippen LogP contribution < -0.4 is 15.8 Å². The largest absolute Gasteiger partial charge is 0.483 e. The van der Waals surface area contributed by atoms with Crippen molar-refractivity contribution in [2.75, 3.05) is 13.2 Å². The Balaban J connectivity index is 0.00000208. The van der Waals surface area contributed by atoms with E-state index in [0.717, 1.165) is 35.8 Å². The first-order valence-corrected chi connectivity index (χ1v) is 8.38. The van der Waals surface area contributed by atoms with Gasteiger partial charge in [-0.25, -0.2) is 0 Å². The summed E-state index contributed by atoms with van der Waals surface area (Å²) in [6, 6.07) is 14.1. The molecule has 5 heteroatoms. The smallest absolute Gasteiger partial charge is 0.258 e. The van der Waals surface area contributed by atoms with Crippen molar-refractivity contribution < 1.29 is 9.53 Å². The van der Waals surface area contributed by atoms with Crippen LogP contribution in [0.4, 0.5) is 0 Å². The number of carbonyl (C=O) groups excluding carboxylic acids is 1. The van der Waals surface area contributed by atoms with E-state index in [1.807, 2.05) is 42.5 Å². The first-order valence-electron chi connectivity index (χ1n) is 8.38. The number of nitrogens with two attached hydrogens (primary N) is 1. The number of halogens is 1. The van der Waals surface area contributed by atoms with Gasteiger partial charge < -0.3 is 15.8 Å². The SMILES string of the molecule is Cl.NCC1CCCCC1NC(=O)COc1cccc2ccccc12. The minimum Gasteiger partial charge on any atom is -0.483 e. The van der Waals surface area contributed by atoms with Crippen LogP contribution in [0, 0.1) is 5.92 Å². The van der Waals surface area contributed by atoms with E-state index >= 15 is 0 Å². The maximum atomic E-state index is 12.2. The molecule has 0 bridgehead atoms. The van der Waals surface area contributed by atoms with Crippen LogP contribution >= 0.6 is 12.4 Å². The third-order valence-electron chi connectivity index (χ3n) is 4.67. The Labute approximate surface area is 149 Å². The van der Waals surface area contributed by atoms with Crippen molar-refractivity contribution in [3.63, 3.8) is 0 Å². The molecule has 1 aliphatic carbocycles. The van der Waals surface area contributed by atoms with Crippen LogP contribution in [0.5, 0.6) is 5.75 Å². The van der Waals surface area contributed by atoms with E-state index in [0.29, 0.717) is 12.5 Å². The van der Waals surface area contributed by atoms with Gasteiger partial charge in [0.05, 0.1) is 0 Å². The number of hydrogen-bond acceptors (Lipinski definition) is 3. The van der Waals surface area contributed by atoms with Gasteiger partial charge >= 0.3 is 0 Å². The zero-order valence-corrected chi connectivity index (χ0v) is 14.6. The van der Waals surface area contributed by atoms with Gasteiger partial charge in [-0.1, -0.05) is 49.2 Å². The van der Waals surface area contributed by atoms with Gasteiger partial charge in [-0.3, -0.25) is 4.79 Å². The number of amides is 1. The molecule has 0 spiro atoms. The highest BCUT2D eigenvalue weighted by atomic mass is 35.5. The molecule has 3 rings (SSSR count). The molecular weight excluding hydrogens is 324 g/mol. The summed E-state index contributed by atoms with van der Waals surface area (Å²) in [5.74, 6) is 1.07. The highest BCUT2D eigenvalue weighted by molar-refractivity contribution is 5.88. The molecular formula is C19H25ClN2O2. The molecule has 0 radical (unpaired) electrons. The van der Waals surface area contributed by atoms with E-state index in [-0.39, 0.29) is 31.0 Å². The minimum atomic E-state index is -0.0664. The summed E-state index contributed by atoms with van der Waals surface area (Å²) in [6.07, 6.45) is 4.49. The zero-order chi connectivity index (χ0) is 16.1. The number of carbonyl (C=O) groups is 1. The molecule has 1 aliphatic rings. The van der Waals surface area contributed by atoms with Crippen LogP contribution in [-0.4, -0.2) is 25.1 Å². The van der Waals surface area contributed by atoms with Crippen LogP contribution in [-0.2, 0) is 4.79 Å². The van der Waals surface area contributed by atoms with Crippen molar-refractivity contribution >= 4 is 29.1 Å².